The van der Waals surface area contributed by atoms with Gasteiger partial charge in [0.2, 0.25) is 5.91 Å². The molecule has 142 valence electrons. The number of nitrogens with one attached hydrogen (secondary N) is 1. The normalized spacial score (nSPS) is 23.2. The summed E-state index contributed by atoms with van der Waals surface area (Å²) in [7, 11) is 1.93. The number of ether oxygens (including phenoxy) is 2. The van der Waals surface area contributed by atoms with Crippen LogP contribution >= 0.6 is 0 Å². The van der Waals surface area contributed by atoms with E-state index in [4.69, 9.17) is 9.47 Å². The zero-order valence-electron chi connectivity index (χ0n) is 16.0. The van der Waals surface area contributed by atoms with Crippen LogP contribution in [0.15, 0.2) is 12.1 Å². The maximum absolute atomic E-state index is 13.0. The molecule has 5 nitrogen and oxygen atoms in total. The molecule has 1 amide bonds. The van der Waals surface area contributed by atoms with Crippen molar-refractivity contribution in [3.63, 3.8) is 0 Å². The molecule has 1 atom stereocenters. The maximum Gasteiger partial charge on any atom is 0.223 e. The van der Waals surface area contributed by atoms with Crippen LogP contribution in [-0.4, -0.2) is 44.2 Å². The lowest BCUT2D eigenvalue weighted by atomic mass is 9.71. The summed E-state index contributed by atoms with van der Waals surface area (Å²) in [5.41, 5.74) is 2.74. The Balaban J connectivity index is 1.69. The van der Waals surface area contributed by atoms with E-state index in [1.165, 1.54) is 24.0 Å². The van der Waals surface area contributed by atoms with E-state index in [9.17, 15) is 4.79 Å². The van der Waals surface area contributed by atoms with Crippen molar-refractivity contribution in [2.24, 2.45) is 0 Å². The Morgan fingerprint density at radius 1 is 1.23 bits per heavy atom. The van der Waals surface area contributed by atoms with Crippen molar-refractivity contribution in [2.75, 3.05) is 33.4 Å². The van der Waals surface area contributed by atoms with Gasteiger partial charge in [-0.2, -0.15) is 0 Å². The standard InChI is InChI=1S/C21H30N2O3/c1-15-16-12-18-19(26-11-10-25-18)13-17(16)21(7-3-4-8-21)14-23(15)20(24)6-5-9-22-2/h12-13,15,22H,3-11,14H2,1-2H3. The molecule has 1 spiro atoms. The lowest BCUT2D eigenvalue weighted by Gasteiger charge is -2.46. The molecule has 2 heterocycles. The van der Waals surface area contributed by atoms with E-state index < -0.39 is 0 Å². The molecule has 1 saturated carbocycles. The Labute approximate surface area is 156 Å². The van der Waals surface area contributed by atoms with Crippen molar-refractivity contribution in [3.05, 3.63) is 23.3 Å². The minimum absolute atomic E-state index is 0.0918. The lowest BCUT2D eigenvalue weighted by Crippen LogP contribution is -2.48. The van der Waals surface area contributed by atoms with E-state index in [0.717, 1.165) is 43.9 Å². The first-order chi connectivity index (χ1) is 12.6. The van der Waals surface area contributed by atoms with Crippen LogP contribution in [0.2, 0.25) is 0 Å². The van der Waals surface area contributed by atoms with Crippen LogP contribution in [-0.2, 0) is 10.2 Å². The zero-order valence-corrected chi connectivity index (χ0v) is 16.0. The number of carbonyl (C=O) groups excluding carboxylic acids is 1. The molecule has 1 aromatic carbocycles. The minimum Gasteiger partial charge on any atom is -0.486 e. The summed E-state index contributed by atoms with van der Waals surface area (Å²) in [5.74, 6) is 1.99. The van der Waals surface area contributed by atoms with Gasteiger partial charge in [-0.1, -0.05) is 12.8 Å². The monoisotopic (exact) mass is 358 g/mol. The fraction of sp³-hybridized carbons (Fsp3) is 0.667. The molecular formula is C21H30N2O3. The van der Waals surface area contributed by atoms with Gasteiger partial charge in [0.05, 0.1) is 6.04 Å². The first-order valence-electron chi connectivity index (χ1n) is 10.0. The van der Waals surface area contributed by atoms with Crippen molar-refractivity contribution in [1.29, 1.82) is 0 Å². The number of rotatable bonds is 4. The molecule has 5 heteroatoms. The number of carbonyl (C=O) groups is 1. The van der Waals surface area contributed by atoms with Gasteiger partial charge in [0.25, 0.3) is 0 Å². The molecule has 26 heavy (non-hydrogen) atoms. The number of fused-ring (bicyclic) bond motifs is 3. The molecule has 3 aliphatic rings. The molecule has 4 rings (SSSR count). The second-order valence-electron chi connectivity index (χ2n) is 7.98. The summed E-state index contributed by atoms with van der Waals surface area (Å²) in [4.78, 5) is 15.1. The van der Waals surface area contributed by atoms with E-state index in [-0.39, 0.29) is 17.4 Å². The average molecular weight is 358 g/mol. The van der Waals surface area contributed by atoms with Gasteiger partial charge in [-0.05, 0) is 63.0 Å². The van der Waals surface area contributed by atoms with Crippen molar-refractivity contribution in [3.8, 4) is 11.5 Å². The number of amides is 1. The third kappa shape index (κ3) is 2.96. The molecule has 0 radical (unpaired) electrons. The van der Waals surface area contributed by atoms with Crippen LogP contribution < -0.4 is 14.8 Å². The molecule has 2 aliphatic heterocycles. The Hall–Kier alpha value is -1.75. The average Bonchev–Trinajstić information content (AvgIpc) is 3.13. The van der Waals surface area contributed by atoms with Gasteiger partial charge in [-0.3, -0.25) is 4.79 Å². The van der Waals surface area contributed by atoms with Crippen LogP contribution in [0.1, 0.15) is 62.6 Å². The predicted molar refractivity (Wildman–Crippen MR) is 101 cm³/mol. The molecular weight excluding hydrogens is 328 g/mol. The van der Waals surface area contributed by atoms with E-state index in [0.29, 0.717) is 19.6 Å². The number of benzene rings is 1. The van der Waals surface area contributed by atoms with Crippen LogP contribution in [0.5, 0.6) is 11.5 Å². The van der Waals surface area contributed by atoms with Gasteiger partial charge in [0.15, 0.2) is 11.5 Å². The molecule has 1 aromatic rings. The van der Waals surface area contributed by atoms with Crippen molar-refractivity contribution < 1.29 is 14.3 Å². The Kier molecular flexibility index (Phi) is 4.82. The molecule has 0 bridgehead atoms. The van der Waals surface area contributed by atoms with E-state index in [1.807, 2.05) is 7.05 Å². The van der Waals surface area contributed by atoms with E-state index >= 15 is 0 Å². The Bertz CT molecular complexity index is 682. The molecule has 1 fully saturated rings. The van der Waals surface area contributed by atoms with Crippen molar-refractivity contribution in [2.45, 2.75) is 56.9 Å². The molecule has 1 N–H and O–H groups in total. The summed E-state index contributed by atoms with van der Waals surface area (Å²) in [6, 6.07) is 4.45. The van der Waals surface area contributed by atoms with Crippen LogP contribution in [0.4, 0.5) is 0 Å². The number of hydrogen-bond acceptors (Lipinski definition) is 4. The fourth-order valence-electron chi connectivity index (χ4n) is 4.97. The predicted octanol–water partition coefficient (Wildman–Crippen LogP) is 3.17. The summed E-state index contributed by atoms with van der Waals surface area (Å²) in [5, 5.41) is 3.13. The van der Waals surface area contributed by atoms with Gasteiger partial charge in [0, 0.05) is 18.4 Å². The van der Waals surface area contributed by atoms with Gasteiger partial charge in [-0.25, -0.2) is 0 Å². The van der Waals surface area contributed by atoms with Crippen LogP contribution in [0, 0.1) is 0 Å². The molecule has 1 unspecified atom stereocenters. The maximum atomic E-state index is 13.0. The Morgan fingerprint density at radius 2 is 1.92 bits per heavy atom. The summed E-state index contributed by atoms with van der Waals surface area (Å²) < 4.78 is 11.7. The van der Waals surface area contributed by atoms with Gasteiger partial charge in [-0.15, -0.1) is 0 Å². The first-order valence-corrected chi connectivity index (χ1v) is 10.0. The molecule has 1 aliphatic carbocycles. The van der Waals surface area contributed by atoms with Crippen molar-refractivity contribution >= 4 is 5.91 Å². The second-order valence-corrected chi connectivity index (χ2v) is 7.98. The highest BCUT2D eigenvalue weighted by molar-refractivity contribution is 5.77. The molecule has 0 aromatic heterocycles. The third-order valence-electron chi connectivity index (χ3n) is 6.37. The van der Waals surface area contributed by atoms with E-state index in [1.54, 1.807) is 0 Å². The summed E-state index contributed by atoms with van der Waals surface area (Å²) in [6.45, 7) is 5.10. The number of hydrogen-bond donors (Lipinski definition) is 1. The van der Waals surface area contributed by atoms with Gasteiger partial charge < -0.3 is 19.7 Å². The SMILES string of the molecule is CNCCCC(=O)N1CC2(CCCC2)c2cc3c(cc2C1C)OCCO3. The fourth-order valence-corrected chi connectivity index (χ4v) is 4.97. The highest BCUT2D eigenvalue weighted by atomic mass is 16.6. The van der Waals surface area contributed by atoms with Gasteiger partial charge >= 0.3 is 0 Å². The first kappa shape index (κ1) is 17.7. The van der Waals surface area contributed by atoms with E-state index in [2.05, 4.69) is 29.3 Å². The quantitative estimate of drug-likeness (QED) is 0.840. The topological polar surface area (TPSA) is 50.8 Å². The van der Waals surface area contributed by atoms with Crippen LogP contribution in [0.25, 0.3) is 0 Å². The third-order valence-corrected chi connectivity index (χ3v) is 6.37. The van der Waals surface area contributed by atoms with Gasteiger partial charge in [0.1, 0.15) is 13.2 Å². The summed E-state index contributed by atoms with van der Waals surface area (Å²) >= 11 is 0. The zero-order chi connectivity index (χ0) is 18.1. The largest absolute Gasteiger partial charge is 0.486 e. The highest BCUT2D eigenvalue weighted by Gasteiger charge is 2.46. The lowest BCUT2D eigenvalue weighted by molar-refractivity contribution is -0.135. The Morgan fingerprint density at radius 3 is 2.62 bits per heavy atom. The number of nitrogens with zero attached hydrogens (tertiary/aromatic N) is 1. The van der Waals surface area contributed by atoms with Crippen LogP contribution in [0.3, 0.4) is 0 Å². The second kappa shape index (κ2) is 7.10. The highest BCUT2D eigenvalue weighted by Crippen LogP contribution is 2.52. The minimum atomic E-state index is 0.0918. The van der Waals surface area contributed by atoms with Crippen molar-refractivity contribution in [1.82, 2.24) is 10.2 Å². The summed E-state index contributed by atoms with van der Waals surface area (Å²) in [6.07, 6.45) is 6.30. The smallest absolute Gasteiger partial charge is 0.223 e. The molecule has 0 saturated heterocycles.